The van der Waals surface area contributed by atoms with Crippen LogP contribution in [0.25, 0.3) is 11.5 Å². The number of carbonyl (C=O) groups is 1. The molecule has 0 spiro atoms. The minimum atomic E-state index is -0.0656. The zero-order valence-electron chi connectivity index (χ0n) is 15.6. The molecule has 6 heteroatoms. The number of benzene rings is 1. The Labute approximate surface area is 158 Å². The van der Waals surface area contributed by atoms with Crippen LogP contribution in [0, 0.1) is 6.92 Å². The Balaban J connectivity index is 1.54. The van der Waals surface area contributed by atoms with Crippen LogP contribution in [0.1, 0.15) is 23.4 Å². The van der Waals surface area contributed by atoms with Gasteiger partial charge in [0, 0.05) is 18.9 Å². The van der Waals surface area contributed by atoms with E-state index in [0.717, 1.165) is 18.4 Å². The summed E-state index contributed by atoms with van der Waals surface area (Å²) in [5.41, 5.74) is 2.58. The second-order valence-corrected chi connectivity index (χ2v) is 6.21. The van der Waals surface area contributed by atoms with Crippen molar-refractivity contribution in [2.75, 3.05) is 13.7 Å². The van der Waals surface area contributed by atoms with E-state index in [1.807, 2.05) is 49.5 Å². The quantitative estimate of drug-likeness (QED) is 0.620. The Morgan fingerprint density at radius 2 is 2.07 bits per heavy atom. The van der Waals surface area contributed by atoms with Crippen LogP contribution >= 0.6 is 0 Å². The van der Waals surface area contributed by atoms with Crippen molar-refractivity contribution < 1.29 is 13.9 Å². The Hall–Kier alpha value is -3.15. The summed E-state index contributed by atoms with van der Waals surface area (Å²) >= 11 is 0. The van der Waals surface area contributed by atoms with Crippen LogP contribution in [0.2, 0.25) is 0 Å². The van der Waals surface area contributed by atoms with Gasteiger partial charge in [-0.05, 0) is 43.5 Å². The van der Waals surface area contributed by atoms with E-state index in [-0.39, 0.29) is 12.3 Å². The van der Waals surface area contributed by atoms with Crippen LogP contribution in [0.5, 0.6) is 5.75 Å². The molecule has 140 valence electrons. The van der Waals surface area contributed by atoms with Gasteiger partial charge in [0.15, 0.2) is 0 Å². The molecular weight excluding hydrogens is 342 g/mol. The van der Waals surface area contributed by atoms with Crippen molar-refractivity contribution in [3.63, 3.8) is 0 Å². The smallest absolute Gasteiger partial charge is 0.230 e. The van der Waals surface area contributed by atoms with E-state index in [2.05, 4.69) is 15.3 Å². The topological polar surface area (TPSA) is 77.2 Å². The van der Waals surface area contributed by atoms with Crippen LogP contribution in [0.3, 0.4) is 0 Å². The normalized spacial score (nSPS) is 10.6. The molecule has 0 saturated carbocycles. The summed E-state index contributed by atoms with van der Waals surface area (Å²) in [4.78, 5) is 20.8. The van der Waals surface area contributed by atoms with Gasteiger partial charge in [-0.25, -0.2) is 4.98 Å². The third-order valence-electron chi connectivity index (χ3n) is 4.25. The number of oxazole rings is 1. The average Bonchev–Trinajstić information content (AvgIpc) is 3.06. The molecule has 3 rings (SSSR count). The minimum absolute atomic E-state index is 0.0656. The summed E-state index contributed by atoms with van der Waals surface area (Å²) < 4.78 is 11.1. The summed E-state index contributed by atoms with van der Waals surface area (Å²) in [6.07, 6.45) is 5.54. The number of hydrogen-bond donors (Lipinski definition) is 1. The SMILES string of the molecule is COc1ccccc1-c1nc(CC(=O)NCCCc2cccnc2)c(C)o1. The first-order chi connectivity index (χ1) is 13.2. The first kappa shape index (κ1) is 18.6. The Kier molecular flexibility index (Phi) is 6.20. The van der Waals surface area contributed by atoms with Crippen LogP contribution in [-0.2, 0) is 17.6 Å². The lowest BCUT2D eigenvalue weighted by Gasteiger charge is -2.04. The number of amides is 1. The maximum absolute atomic E-state index is 12.2. The minimum Gasteiger partial charge on any atom is -0.496 e. The van der Waals surface area contributed by atoms with Crippen LogP contribution in [0.15, 0.2) is 53.2 Å². The largest absolute Gasteiger partial charge is 0.496 e. The van der Waals surface area contributed by atoms with E-state index in [1.54, 1.807) is 13.3 Å². The number of hydrogen-bond acceptors (Lipinski definition) is 5. The monoisotopic (exact) mass is 365 g/mol. The lowest BCUT2D eigenvalue weighted by Crippen LogP contribution is -2.26. The number of aryl methyl sites for hydroxylation is 2. The van der Waals surface area contributed by atoms with Crippen molar-refractivity contribution in [1.29, 1.82) is 0 Å². The van der Waals surface area contributed by atoms with Gasteiger partial charge in [0.25, 0.3) is 0 Å². The number of nitrogens with zero attached hydrogens (tertiary/aromatic N) is 2. The fourth-order valence-corrected chi connectivity index (χ4v) is 2.81. The van der Waals surface area contributed by atoms with E-state index in [4.69, 9.17) is 9.15 Å². The molecule has 1 amide bonds. The fourth-order valence-electron chi connectivity index (χ4n) is 2.81. The van der Waals surface area contributed by atoms with Crippen LogP contribution < -0.4 is 10.1 Å². The highest BCUT2D eigenvalue weighted by atomic mass is 16.5. The number of ether oxygens (including phenoxy) is 1. The number of methoxy groups -OCH3 is 1. The molecule has 0 bridgehead atoms. The van der Waals surface area contributed by atoms with Gasteiger partial charge in [-0.1, -0.05) is 18.2 Å². The highest BCUT2D eigenvalue weighted by molar-refractivity contribution is 5.78. The molecule has 0 fully saturated rings. The number of para-hydroxylation sites is 1. The summed E-state index contributed by atoms with van der Waals surface area (Å²) in [5.74, 6) is 1.72. The molecule has 0 saturated heterocycles. The third kappa shape index (κ3) is 4.94. The van der Waals surface area contributed by atoms with Gasteiger partial charge in [-0.15, -0.1) is 0 Å². The summed E-state index contributed by atoms with van der Waals surface area (Å²) in [6, 6.07) is 11.5. The highest BCUT2D eigenvalue weighted by Gasteiger charge is 2.16. The van der Waals surface area contributed by atoms with E-state index in [9.17, 15) is 4.79 Å². The fraction of sp³-hybridized carbons (Fsp3) is 0.286. The number of pyridine rings is 1. The summed E-state index contributed by atoms with van der Waals surface area (Å²) in [7, 11) is 1.61. The summed E-state index contributed by atoms with van der Waals surface area (Å²) in [6.45, 7) is 2.43. The van der Waals surface area contributed by atoms with Gasteiger partial charge >= 0.3 is 0 Å². The van der Waals surface area contributed by atoms with Crippen molar-refractivity contribution >= 4 is 5.91 Å². The van der Waals surface area contributed by atoms with Crippen molar-refractivity contribution in [2.24, 2.45) is 0 Å². The van der Waals surface area contributed by atoms with Crippen LogP contribution in [0.4, 0.5) is 0 Å². The van der Waals surface area contributed by atoms with E-state index in [0.29, 0.717) is 29.6 Å². The molecule has 3 aromatic rings. The predicted octanol–water partition coefficient (Wildman–Crippen LogP) is 3.35. The first-order valence-corrected chi connectivity index (χ1v) is 8.92. The third-order valence-corrected chi connectivity index (χ3v) is 4.25. The molecule has 1 aromatic carbocycles. The van der Waals surface area contributed by atoms with Gasteiger partial charge in [0.05, 0.1) is 24.8 Å². The lowest BCUT2D eigenvalue weighted by molar-refractivity contribution is -0.120. The molecule has 2 aromatic heterocycles. The predicted molar refractivity (Wildman–Crippen MR) is 102 cm³/mol. The van der Waals surface area contributed by atoms with Gasteiger partial charge in [-0.3, -0.25) is 9.78 Å². The maximum Gasteiger partial charge on any atom is 0.230 e. The molecule has 1 N–H and O–H groups in total. The van der Waals surface area contributed by atoms with Crippen molar-refractivity contribution in [3.05, 3.63) is 65.8 Å². The van der Waals surface area contributed by atoms with Crippen molar-refractivity contribution in [2.45, 2.75) is 26.2 Å². The summed E-state index contributed by atoms with van der Waals surface area (Å²) in [5, 5.41) is 2.93. The van der Waals surface area contributed by atoms with Gasteiger partial charge in [-0.2, -0.15) is 0 Å². The van der Waals surface area contributed by atoms with Crippen molar-refractivity contribution in [1.82, 2.24) is 15.3 Å². The number of carbonyl (C=O) groups excluding carboxylic acids is 1. The van der Waals surface area contributed by atoms with E-state index >= 15 is 0 Å². The molecule has 0 aliphatic rings. The molecule has 2 heterocycles. The molecule has 0 aliphatic carbocycles. The van der Waals surface area contributed by atoms with Gasteiger partial charge < -0.3 is 14.5 Å². The molecule has 0 unspecified atom stereocenters. The van der Waals surface area contributed by atoms with Crippen molar-refractivity contribution in [3.8, 4) is 17.2 Å². The first-order valence-electron chi connectivity index (χ1n) is 8.92. The Morgan fingerprint density at radius 1 is 1.22 bits per heavy atom. The lowest BCUT2D eigenvalue weighted by atomic mass is 10.1. The highest BCUT2D eigenvalue weighted by Crippen LogP contribution is 2.30. The number of rotatable bonds is 8. The number of nitrogens with one attached hydrogen (secondary N) is 1. The molecule has 0 aliphatic heterocycles. The second-order valence-electron chi connectivity index (χ2n) is 6.21. The Morgan fingerprint density at radius 3 is 2.85 bits per heavy atom. The van der Waals surface area contributed by atoms with Crippen LogP contribution in [-0.4, -0.2) is 29.5 Å². The average molecular weight is 365 g/mol. The zero-order valence-corrected chi connectivity index (χ0v) is 15.6. The number of aromatic nitrogens is 2. The van der Waals surface area contributed by atoms with E-state index in [1.165, 1.54) is 5.56 Å². The zero-order chi connectivity index (χ0) is 19.1. The Bertz CT molecular complexity index is 891. The molecule has 0 atom stereocenters. The molecule has 0 radical (unpaired) electrons. The standard InChI is InChI=1S/C21H23N3O3/c1-15-18(24-21(27-15)17-9-3-4-10-19(17)26-2)13-20(25)23-12-6-8-16-7-5-11-22-14-16/h3-5,7,9-11,14H,6,8,12-13H2,1-2H3,(H,23,25). The van der Waals surface area contributed by atoms with Gasteiger partial charge in [0.2, 0.25) is 11.8 Å². The molecular formula is C21H23N3O3. The maximum atomic E-state index is 12.2. The second kappa shape index (κ2) is 8.98. The van der Waals surface area contributed by atoms with Gasteiger partial charge in [0.1, 0.15) is 11.5 Å². The molecule has 27 heavy (non-hydrogen) atoms. The molecule has 6 nitrogen and oxygen atoms in total. The van der Waals surface area contributed by atoms with E-state index < -0.39 is 0 Å².